The summed E-state index contributed by atoms with van der Waals surface area (Å²) in [6.07, 6.45) is -38.6. The van der Waals surface area contributed by atoms with Crippen molar-refractivity contribution in [3.63, 3.8) is 0 Å². The Morgan fingerprint density at radius 2 is 0.546 bits per heavy atom. The molecule has 828 valence electrons. The first-order valence-electron chi connectivity index (χ1n) is 52.3. The predicted octanol–water partition coefficient (Wildman–Crippen LogP) is 1.73. The third-order valence-electron chi connectivity index (χ3n) is 27.7. The minimum atomic E-state index is -5.96. The number of phosphoric acid groups is 1. The molecule has 1 aliphatic carbocycles. The summed E-state index contributed by atoms with van der Waals surface area (Å²) in [6.45, 7) is 1.11. The third kappa shape index (κ3) is 41.0. The molecule has 1 saturated carbocycles. The molecule has 0 radical (unpaired) electrons. The van der Waals surface area contributed by atoms with E-state index in [-0.39, 0.29) is 19.3 Å². The average Bonchev–Trinajstić information content (AvgIpc) is 0.761. The van der Waals surface area contributed by atoms with E-state index in [0.717, 1.165) is 103 Å². The van der Waals surface area contributed by atoms with Crippen LogP contribution >= 0.6 is 7.82 Å². The van der Waals surface area contributed by atoms with Gasteiger partial charge in [0.2, 0.25) is 0 Å². The van der Waals surface area contributed by atoms with Crippen molar-refractivity contribution in [3.05, 3.63) is 0 Å². The highest BCUT2D eigenvalue weighted by Gasteiger charge is 2.61. The lowest BCUT2D eigenvalue weighted by Gasteiger charge is -2.49. The van der Waals surface area contributed by atoms with Crippen LogP contribution in [0, 0.1) is 5.92 Å². The van der Waals surface area contributed by atoms with Gasteiger partial charge in [0.25, 0.3) is 0 Å². The molecule has 44 nitrogen and oxygen atoms in total. The molecule has 23 N–H and O–H groups in total. The molecular formula is C96H175O44P. The lowest BCUT2D eigenvalue weighted by molar-refractivity contribution is -0.396. The fourth-order valence-electron chi connectivity index (χ4n) is 18.6. The molecule has 7 aliphatic rings. The summed E-state index contributed by atoms with van der Waals surface area (Å²) in [5.74, 6) is -1.61. The van der Waals surface area contributed by atoms with Crippen molar-refractivity contribution >= 4 is 25.7 Å². The smallest absolute Gasteiger partial charge is 0.463 e. The van der Waals surface area contributed by atoms with Crippen LogP contribution in [0.25, 0.3) is 0 Å². The van der Waals surface area contributed by atoms with Crippen LogP contribution < -0.4 is 0 Å². The largest absolute Gasteiger partial charge is 0.472 e. The summed E-state index contributed by atoms with van der Waals surface area (Å²) in [5, 5.41) is 246. The molecule has 45 heteroatoms. The zero-order valence-corrected chi connectivity index (χ0v) is 83.7. The number of unbranched alkanes of at least 4 members (excludes halogenated alkanes) is 34. The second-order valence-electron chi connectivity index (χ2n) is 39.3. The number of aliphatic hydroxyl groups is 22. The van der Waals surface area contributed by atoms with Gasteiger partial charge in [-0.25, -0.2) is 4.57 Å². The van der Waals surface area contributed by atoms with Crippen LogP contribution in [-0.4, -0.2) is 415 Å². The number of hydrogen-bond donors (Lipinski definition) is 23. The van der Waals surface area contributed by atoms with Crippen LogP contribution in [0.5, 0.6) is 0 Å². The standard InChI is InChI=1S/C96H175O44P/c1-5-8-11-14-17-19-21-23-25-27-29-35-41-46-65(101)125-53-61-70(106)75(111)84(120)93(134-61)136-86-80(116)77(113)81(117)87(90(86)140-141(122,123)128-52-57(129-66(102)47-42-37-30-28-26-24-22-20-18-15-12-9-6-2)51-124-64(100)45-40-36-32-31-34-39-44-56(4)43-38-33-16-13-10-7-3)137-94-85(121)76(112)72(108)63(135-94)54-126-91-82(118)74(110)71(107)62(133-91)55-127-95-88(78(114)68(104)59(49-98)131-95)139-96-89(79(115)69(105)60(50-99)132-96)138-92-83(119)73(109)67(103)58(48-97)130-92/h56-63,67-99,103-121H,5-55H2,1-4H3,(H,122,123)/t56-,57-,58-,59-,60-,61-,62-,63-,67-,68-,69-,70-,71-,72-,73+,74+,75+,76+,77-,78+,79+,80-,81+,82+,83+,84+,85+,86-,87-,88+,89+,90-,91+,92-,93-,94-,95+,96-/m1/s1. The van der Waals surface area contributed by atoms with Gasteiger partial charge in [-0.2, -0.15) is 0 Å². The van der Waals surface area contributed by atoms with Gasteiger partial charge in [-0.3, -0.25) is 23.4 Å². The van der Waals surface area contributed by atoms with Gasteiger partial charge in [-0.1, -0.05) is 265 Å². The molecule has 7 rings (SSSR count). The molecule has 0 aromatic heterocycles. The summed E-state index contributed by atoms with van der Waals surface area (Å²) in [5.41, 5.74) is 0. The summed E-state index contributed by atoms with van der Waals surface area (Å²) in [4.78, 5) is 52.3. The Bertz CT molecular complexity index is 3350. The van der Waals surface area contributed by atoms with Crippen LogP contribution in [0.1, 0.15) is 304 Å². The Morgan fingerprint density at radius 1 is 0.277 bits per heavy atom. The van der Waals surface area contributed by atoms with E-state index in [0.29, 0.717) is 44.4 Å². The van der Waals surface area contributed by atoms with Gasteiger partial charge < -0.3 is 188 Å². The predicted molar refractivity (Wildman–Crippen MR) is 496 cm³/mol. The molecule has 0 amide bonds. The molecule has 141 heavy (non-hydrogen) atoms. The molecule has 0 aromatic rings. The maximum Gasteiger partial charge on any atom is 0.472 e. The number of phosphoric ester groups is 1. The number of aliphatic hydroxyl groups excluding tert-OH is 22. The number of rotatable bonds is 71. The molecule has 1 unspecified atom stereocenters. The third-order valence-corrected chi connectivity index (χ3v) is 28.7. The van der Waals surface area contributed by atoms with Crippen molar-refractivity contribution in [2.24, 2.45) is 5.92 Å². The molecule has 6 saturated heterocycles. The van der Waals surface area contributed by atoms with E-state index in [1.54, 1.807) is 0 Å². The number of carbonyl (C=O) groups excluding carboxylic acids is 3. The van der Waals surface area contributed by atoms with E-state index >= 15 is 0 Å². The van der Waals surface area contributed by atoms with Gasteiger partial charge in [0, 0.05) is 19.3 Å². The maximum atomic E-state index is 14.9. The normalized spacial score (nSPS) is 36.2. The van der Waals surface area contributed by atoms with Crippen molar-refractivity contribution in [1.29, 1.82) is 0 Å². The fraction of sp³-hybridized carbons (Fsp3) is 0.969. The number of hydrogen-bond acceptors (Lipinski definition) is 43. The van der Waals surface area contributed by atoms with E-state index in [1.165, 1.54) is 116 Å². The SMILES string of the molecule is CCCCCCCCCCCCCCCC(=O)OC[C@H]1O[C@H](O[C@@H]2[C@H](O)[C@@H](O)[C@H](O)[C@@H](O[C@H]3O[C@H](CO[C@H]4O[C@H](CO[C@H]5O[C@H](CO)[C@@H](O)[C@H](O)[C@@H]5O[C@H]5O[C@H](CO)[C@@H](O)[C@H](O)[C@@H]5O[C@H]5O[C@H](CO)[C@@H](O)[C@H](O)[C@@H]5O)[C@@H](O)[C@H](O)[C@@H]4O)[C@@H](O)[C@H](O)[C@@H]3O)[C@@H]2OP(=O)(O)OC[C@@H](COC(=O)CCCCCCCC[C@H](C)CCCCCCCC)OC(=O)CCCCCCCCCCCCCCC)[C@@H](O)[C@@H](O)[C@@H]1O. The van der Waals surface area contributed by atoms with Gasteiger partial charge in [-0.05, 0) is 25.2 Å². The molecular weight excluding hydrogens is 1890 g/mol. The molecule has 0 bridgehead atoms. The van der Waals surface area contributed by atoms with E-state index in [4.69, 9.17) is 80.1 Å². The molecule has 0 aromatic carbocycles. The Balaban J connectivity index is 1.08. The lowest BCUT2D eigenvalue weighted by Crippen LogP contribution is -2.69. The van der Waals surface area contributed by atoms with Gasteiger partial charge in [0.05, 0.1) is 39.6 Å². The number of esters is 3. The van der Waals surface area contributed by atoms with Crippen LogP contribution in [-0.2, 0) is 99.0 Å². The summed E-state index contributed by atoms with van der Waals surface area (Å²) >= 11 is 0. The van der Waals surface area contributed by atoms with Crippen molar-refractivity contribution in [1.82, 2.24) is 0 Å². The molecule has 6 aliphatic heterocycles. The van der Waals surface area contributed by atoms with Crippen molar-refractivity contribution in [3.8, 4) is 0 Å². The summed E-state index contributed by atoms with van der Waals surface area (Å²) < 4.78 is 113. The molecule has 39 atom stereocenters. The van der Waals surface area contributed by atoms with E-state index in [9.17, 15) is 136 Å². The van der Waals surface area contributed by atoms with Crippen molar-refractivity contribution in [2.45, 2.75) is 531 Å². The molecule has 6 heterocycles. The quantitative estimate of drug-likeness (QED) is 0.0178. The highest BCUT2D eigenvalue weighted by atomic mass is 31.2. The zero-order chi connectivity index (χ0) is 103. The highest BCUT2D eigenvalue weighted by Crippen LogP contribution is 2.49. The van der Waals surface area contributed by atoms with Crippen LogP contribution in [0.2, 0.25) is 0 Å². The fourth-order valence-corrected chi connectivity index (χ4v) is 19.6. The zero-order valence-electron chi connectivity index (χ0n) is 82.8. The highest BCUT2D eigenvalue weighted by molar-refractivity contribution is 7.47. The summed E-state index contributed by atoms with van der Waals surface area (Å²) in [7, 11) is -5.96. The van der Waals surface area contributed by atoms with Crippen LogP contribution in [0.4, 0.5) is 0 Å². The molecule has 7 fully saturated rings. The Labute approximate surface area is 828 Å². The van der Waals surface area contributed by atoms with E-state index < -0.39 is 306 Å². The first-order chi connectivity index (χ1) is 67.6. The summed E-state index contributed by atoms with van der Waals surface area (Å²) in [6, 6.07) is 0. The average molecular weight is 2060 g/mol. The van der Waals surface area contributed by atoms with Gasteiger partial charge in [-0.15, -0.1) is 0 Å². The van der Waals surface area contributed by atoms with Crippen LogP contribution in [0.3, 0.4) is 0 Å². The number of ether oxygens (including phenoxy) is 15. The van der Waals surface area contributed by atoms with Crippen molar-refractivity contribution < 1.29 is 216 Å². The van der Waals surface area contributed by atoms with Gasteiger partial charge in [0.15, 0.2) is 43.8 Å². The Hall–Kier alpha value is -2.84. The second kappa shape index (κ2) is 67.5. The van der Waals surface area contributed by atoms with Crippen molar-refractivity contribution in [2.75, 3.05) is 52.9 Å². The minimum Gasteiger partial charge on any atom is -0.463 e. The minimum absolute atomic E-state index is 0.0429. The van der Waals surface area contributed by atoms with E-state index in [1.807, 2.05) is 0 Å². The first kappa shape index (κ1) is 125. The van der Waals surface area contributed by atoms with Crippen LogP contribution in [0.15, 0.2) is 0 Å². The number of carbonyl (C=O) groups is 3. The van der Waals surface area contributed by atoms with E-state index in [2.05, 4.69) is 27.7 Å². The monoisotopic (exact) mass is 2060 g/mol. The molecule has 0 spiro atoms. The topological polar surface area (TPSA) is 690 Å². The maximum absolute atomic E-state index is 14.9. The lowest BCUT2D eigenvalue weighted by atomic mass is 9.84. The Kier molecular flexibility index (Phi) is 59.8. The Morgan fingerprint density at radius 3 is 0.936 bits per heavy atom. The van der Waals surface area contributed by atoms with Gasteiger partial charge in [0.1, 0.15) is 196 Å². The second-order valence-corrected chi connectivity index (χ2v) is 40.7. The van der Waals surface area contributed by atoms with Gasteiger partial charge >= 0.3 is 25.7 Å². The first-order valence-corrected chi connectivity index (χ1v) is 53.8.